The number of esters is 1. The van der Waals surface area contributed by atoms with Crippen LogP contribution in [0.5, 0.6) is 0 Å². The highest BCUT2D eigenvalue weighted by molar-refractivity contribution is 5.69. The number of pyridine rings is 1. The first kappa shape index (κ1) is 21.1. The molecule has 0 bridgehead atoms. The van der Waals surface area contributed by atoms with E-state index in [1.54, 1.807) is 12.3 Å². The molecular formula is C21H30N2O4. The third kappa shape index (κ3) is 6.79. The standard InChI is InChI=1S/C21H30N2O4/c1-3-4-5-6-7-10-18(24)11-12-20(26)27-15-17-14-19(25)23-13-8-9-16(2)21(23)22-17/h8-9,13-14,18,24H,3-7,10-12,15H2,1-2H3/t18-/m1/s1. The van der Waals surface area contributed by atoms with E-state index >= 15 is 0 Å². The number of aliphatic hydroxyl groups is 1. The van der Waals surface area contributed by atoms with Gasteiger partial charge in [0, 0.05) is 18.7 Å². The number of hydrogen-bond donors (Lipinski definition) is 1. The van der Waals surface area contributed by atoms with Gasteiger partial charge in [0.1, 0.15) is 12.3 Å². The zero-order valence-corrected chi connectivity index (χ0v) is 16.3. The van der Waals surface area contributed by atoms with Crippen molar-refractivity contribution in [3.63, 3.8) is 0 Å². The summed E-state index contributed by atoms with van der Waals surface area (Å²) in [6.45, 7) is 4.01. The Balaban J connectivity index is 1.76. The predicted molar refractivity (Wildman–Crippen MR) is 105 cm³/mol. The summed E-state index contributed by atoms with van der Waals surface area (Å²) in [6.07, 6.45) is 8.23. The third-order valence-electron chi connectivity index (χ3n) is 4.64. The fraction of sp³-hybridized carbons (Fsp3) is 0.571. The SMILES string of the molecule is CCCCCCC[C@@H](O)CCC(=O)OCc1cc(=O)n2cccc(C)c2n1. The van der Waals surface area contributed by atoms with Crippen LogP contribution in [0.4, 0.5) is 0 Å². The van der Waals surface area contributed by atoms with E-state index < -0.39 is 6.10 Å². The largest absolute Gasteiger partial charge is 0.459 e. The van der Waals surface area contributed by atoms with Crippen molar-refractivity contribution in [3.05, 3.63) is 46.0 Å². The van der Waals surface area contributed by atoms with Crippen LogP contribution in [-0.2, 0) is 16.1 Å². The first-order valence-corrected chi connectivity index (χ1v) is 9.83. The molecule has 6 nitrogen and oxygen atoms in total. The van der Waals surface area contributed by atoms with Crippen molar-refractivity contribution < 1.29 is 14.6 Å². The number of fused-ring (bicyclic) bond motifs is 1. The molecule has 148 valence electrons. The molecule has 0 unspecified atom stereocenters. The number of aryl methyl sites for hydroxylation is 1. The minimum atomic E-state index is -0.467. The zero-order chi connectivity index (χ0) is 19.6. The second-order valence-electron chi connectivity index (χ2n) is 7.03. The van der Waals surface area contributed by atoms with Crippen LogP contribution in [0.1, 0.15) is 69.5 Å². The van der Waals surface area contributed by atoms with Crippen LogP contribution < -0.4 is 5.56 Å². The lowest BCUT2D eigenvalue weighted by molar-refractivity contribution is -0.145. The Labute approximate surface area is 160 Å². The molecule has 2 aromatic heterocycles. The van der Waals surface area contributed by atoms with Gasteiger partial charge in [-0.1, -0.05) is 45.1 Å². The maximum absolute atomic E-state index is 12.1. The average Bonchev–Trinajstić information content (AvgIpc) is 2.65. The van der Waals surface area contributed by atoms with Crippen molar-refractivity contribution >= 4 is 11.6 Å². The van der Waals surface area contributed by atoms with Crippen molar-refractivity contribution in [2.75, 3.05) is 0 Å². The first-order valence-electron chi connectivity index (χ1n) is 9.83. The van der Waals surface area contributed by atoms with E-state index in [4.69, 9.17) is 4.74 Å². The topological polar surface area (TPSA) is 80.9 Å². The molecule has 0 fully saturated rings. The average molecular weight is 374 g/mol. The first-order chi connectivity index (χ1) is 13.0. The maximum Gasteiger partial charge on any atom is 0.306 e. The van der Waals surface area contributed by atoms with E-state index in [1.807, 2.05) is 13.0 Å². The maximum atomic E-state index is 12.1. The molecule has 6 heteroatoms. The molecule has 2 rings (SSSR count). The minimum absolute atomic E-state index is 0.0357. The monoisotopic (exact) mass is 374 g/mol. The fourth-order valence-electron chi connectivity index (χ4n) is 3.02. The van der Waals surface area contributed by atoms with Crippen molar-refractivity contribution in [3.8, 4) is 0 Å². The van der Waals surface area contributed by atoms with Crippen molar-refractivity contribution in [1.82, 2.24) is 9.38 Å². The van der Waals surface area contributed by atoms with Crippen molar-refractivity contribution in [2.45, 2.75) is 77.9 Å². The van der Waals surface area contributed by atoms with Crippen LogP contribution in [0.15, 0.2) is 29.2 Å². The molecule has 1 atom stereocenters. The van der Waals surface area contributed by atoms with Crippen LogP contribution >= 0.6 is 0 Å². The van der Waals surface area contributed by atoms with Gasteiger partial charge in [-0.05, 0) is 31.4 Å². The third-order valence-corrected chi connectivity index (χ3v) is 4.64. The Hall–Kier alpha value is -2.21. The molecule has 0 saturated carbocycles. The van der Waals surface area contributed by atoms with E-state index in [9.17, 15) is 14.7 Å². The van der Waals surface area contributed by atoms with Crippen LogP contribution in [0.25, 0.3) is 5.65 Å². The lowest BCUT2D eigenvalue weighted by Crippen LogP contribution is -2.17. The normalized spacial score (nSPS) is 12.3. The quantitative estimate of drug-likeness (QED) is 0.480. The Morgan fingerprint density at radius 3 is 2.81 bits per heavy atom. The Morgan fingerprint density at radius 2 is 2.04 bits per heavy atom. The highest BCUT2D eigenvalue weighted by Crippen LogP contribution is 2.11. The number of carbonyl (C=O) groups excluding carboxylic acids is 1. The van der Waals surface area contributed by atoms with E-state index in [1.165, 1.54) is 29.7 Å². The summed E-state index contributed by atoms with van der Waals surface area (Å²) in [4.78, 5) is 28.4. The second-order valence-corrected chi connectivity index (χ2v) is 7.03. The summed E-state index contributed by atoms with van der Waals surface area (Å²) < 4.78 is 6.69. The van der Waals surface area contributed by atoms with Crippen LogP contribution in [0, 0.1) is 6.92 Å². The minimum Gasteiger partial charge on any atom is -0.459 e. The molecule has 0 aliphatic carbocycles. The number of nitrogens with zero attached hydrogens (tertiary/aromatic N) is 2. The van der Waals surface area contributed by atoms with Gasteiger partial charge in [0.15, 0.2) is 0 Å². The predicted octanol–water partition coefficient (Wildman–Crippen LogP) is 3.55. The lowest BCUT2D eigenvalue weighted by atomic mass is 10.1. The summed E-state index contributed by atoms with van der Waals surface area (Å²) in [5, 5.41) is 9.96. The number of hydrogen-bond acceptors (Lipinski definition) is 5. The van der Waals surface area contributed by atoms with Gasteiger partial charge < -0.3 is 9.84 Å². The Morgan fingerprint density at radius 1 is 1.26 bits per heavy atom. The van der Waals surface area contributed by atoms with Gasteiger partial charge >= 0.3 is 5.97 Å². The molecule has 0 aliphatic heterocycles. The zero-order valence-electron chi connectivity index (χ0n) is 16.3. The van der Waals surface area contributed by atoms with E-state index in [0.29, 0.717) is 17.8 Å². The lowest BCUT2D eigenvalue weighted by Gasteiger charge is -2.10. The Kier molecular flexibility index (Phi) is 8.45. The van der Waals surface area contributed by atoms with E-state index in [-0.39, 0.29) is 24.6 Å². The second kappa shape index (κ2) is 10.8. The number of unbranched alkanes of at least 4 members (excludes halogenated alkanes) is 4. The molecule has 0 aromatic carbocycles. The molecule has 2 aromatic rings. The van der Waals surface area contributed by atoms with Gasteiger partial charge in [-0.2, -0.15) is 0 Å². The summed E-state index contributed by atoms with van der Waals surface area (Å²) in [6, 6.07) is 5.05. The van der Waals surface area contributed by atoms with Crippen LogP contribution in [0.2, 0.25) is 0 Å². The molecule has 1 N–H and O–H groups in total. The van der Waals surface area contributed by atoms with Gasteiger partial charge in [0.2, 0.25) is 0 Å². The molecular weight excluding hydrogens is 344 g/mol. The molecule has 27 heavy (non-hydrogen) atoms. The van der Waals surface area contributed by atoms with Gasteiger partial charge in [-0.25, -0.2) is 4.98 Å². The molecule has 0 amide bonds. The molecule has 0 radical (unpaired) electrons. The highest BCUT2D eigenvalue weighted by atomic mass is 16.5. The fourth-order valence-corrected chi connectivity index (χ4v) is 3.02. The van der Waals surface area contributed by atoms with E-state index in [2.05, 4.69) is 11.9 Å². The Bertz CT molecular complexity index is 800. The summed E-state index contributed by atoms with van der Waals surface area (Å²) in [5.41, 5.74) is 1.67. The van der Waals surface area contributed by atoms with Gasteiger partial charge in [0.25, 0.3) is 5.56 Å². The number of ether oxygens (including phenoxy) is 1. The van der Waals surface area contributed by atoms with Gasteiger partial charge in [-0.3, -0.25) is 14.0 Å². The molecule has 0 saturated heterocycles. The molecule has 2 heterocycles. The number of aliphatic hydroxyl groups excluding tert-OH is 1. The summed E-state index contributed by atoms with van der Waals surface area (Å²) in [5.74, 6) is -0.383. The van der Waals surface area contributed by atoms with Crippen molar-refractivity contribution in [2.24, 2.45) is 0 Å². The number of carbonyl (C=O) groups is 1. The van der Waals surface area contributed by atoms with E-state index in [0.717, 1.165) is 24.8 Å². The van der Waals surface area contributed by atoms with Crippen LogP contribution in [-0.4, -0.2) is 26.6 Å². The summed E-state index contributed by atoms with van der Waals surface area (Å²) in [7, 11) is 0. The smallest absolute Gasteiger partial charge is 0.306 e. The number of aromatic nitrogens is 2. The van der Waals surface area contributed by atoms with Gasteiger partial charge in [0.05, 0.1) is 11.8 Å². The van der Waals surface area contributed by atoms with Gasteiger partial charge in [-0.15, -0.1) is 0 Å². The van der Waals surface area contributed by atoms with Crippen LogP contribution in [0.3, 0.4) is 0 Å². The molecule has 0 spiro atoms. The summed E-state index contributed by atoms with van der Waals surface area (Å²) >= 11 is 0. The molecule has 0 aliphatic rings. The van der Waals surface area contributed by atoms with Crippen molar-refractivity contribution in [1.29, 1.82) is 0 Å². The number of rotatable bonds is 11. The highest BCUT2D eigenvalue weighted by Gasteiger charge is 2.11.